The van der Waals surface area contributed by atoms with Gasteiger partial charge in [-0.3, -0.25) is 14.4 Å². The number of methoxy groups -OCH3 is 1. The molecule has 0 bridgehead atoms. The normalized spacial score (nSPS) is 17.1. The van der Waals surface area contributed by atoms with Crippen LogP contribution in [-0.4, -0.2) is 31.4 Å². The van der Waals surface area contributed by atoms with Crippen LogP contribution in [0.2, 0.25) is 15.1 Å². The van der Waals surface area contributed by atoms with E-state index in [2.05, 4.69) is 78.7 Å². The summed E-state index contributed by atoms with van der Waals surface area (Å²) in [6, 6.07) is 16.0. The van der Waals surface area contributed by atoms with Gasteiger partial charge in [0.25, 0.3) is 11.8 Å². The molecule has 3 aromatic carbocycles. The Morgan fingerprint density at radius 2 is 1.56 bits per heavy atom. The number of rotatable bonds is 14. The van der Waals surface area contributed by atoms with Gasteiger partial charge in [0.15, 0.2) is 12.4 Å². The van der Waals surface area contributed by atoms with Gasteiger partial charge in [0.05, 0.1) is 18.9 Å². The van der Waals surface area contributed by atoms with Crippen LogP contribution >= 0.6 is 34.8 Å². The lowest BCUT2D eigenvalue weighted by Crippen LogP contribution is -2.46. The molecule has 0 radical (unpaired) electrons. The number of nitrogens with zero attached hydrogens (tertiary/aromatic N) is 4. The highest BCUT2D eigenvalue weighted by Crippen LogP contribution is 2.46. The largest absolute Gasteiger partial charge is 0.497 e. The fraction of sp³-hybridized carbons (Fsp3) is 0.341. The van der Waals surface area contributed by atoms with Gasteiger partial charge in [0, 0.05) is 38.3 Å². The molecule has 0 saturated carbocycles. The van der Waals surface area contributed by atoms with Gasteiger partial charge in [-0.15, -0.1) is 15.3 Å². The number of carbonyl (C=O) groups excluding carboxylic acids is 3. The highest BCUT2D eigenvalue weighted by molar-refractivity contribution is 6.40. The molecule has 5 rings (SSSR count). The minimum Gasteiger partial charge on any atom is -0.497 e. The molecule has 2 aliphatic rings. The molecule has 3 aromatic rings. The molecule has 0 saturated heterocycles. The van der Waals surface area contributed by atoms with Crippen LogP contribution in [0, 0.1) is 0 Å². The molecule has 3 amide bonds. The molecule has 288 valence electrons. The third-order valence-electron chi connectivity index (χ3n) is 10.2. The molecule has 0 spiro atoms. The van der Waals surface area contributed by atoms with E-state index in [1.54, 1.807) is 43.5 Å². The number of carbonyl (C=O) groups is 3. The Hall–Kier alpha value is -4.84. The van der Waals surface area contributed by atoms with Crippen LogP contribution in [0.3, 0.4) is 0 Å². The maximum atomic E-state index is 14.3. The van der Waals surface area contributed by atoms with E-state index < -0.39 is 23.1 Å². The summed E-state index contributed by atoms with van der Waals surface area (Å²) in [6.07, 6.45) is 5.78. The number of hydrogen-bond acceptors (Lipinski definition) is 8. The highest BCUT2D eigenvalue weighted by Gasteiger charge is 2.45. The average molecular weight is 806 g/mol. The first-order chi connectivity index (χ1) is 26.0. The summed E-state index contributed by atoms with van der Waals surface area (Å²) >= 11 is 19.8. The molecule has 14 heteroatoms. The quantitative estimate of drug-likeness (QED) is 0.156. The maximum absolute atomic E-state index is 14.3. The fourth-order valence-corrected chi connectivity index (χ4v) is 7.19. The second kappa shape index (κ2) is 16.9. The number of ether oxygens (including phenoxy) is 2. The Morgan fingerprint density at radius 3 is 2.16 bits per heavy atom. The molecule has 2 N–H and O–H groups in total. The van der Waals surface area contributed by atoms with Crippen molar-refractivity contribution in [3.63, 3.8) is 0 Å². The Bertz CT molecular complexity index is 2130. The van der Waals surface area contributed by atoms with Crippen molar-refractivity contribution in [1.29, 1.82) is 0 Å². The molecular formula is C41H43Cl3N6O5. The molecule has 11 nitrogen and oxygen atoms in total. The zero-order chi connectivity index (χ0) is 40.1. The van der Waals surface area contributed by atoms with E-state index in [1.807, 2.05) is 12.1 Å². The van der Waals surface area contributed by atoms with Crippen LogP contribution in [-0.2, 0) is 30.6 Å². The van der Waals surface area contributed by atoms with E-state index >= 15 is 0 Å². The van der Waals surface area contributed by atoms with E-state index in [4.69, 9.17) is 44.3 Å². The lowest BCUT2D eigenvalue weighted by Gasteiger charge is -2.35. The van der Waals surface area contributed by atoms with E-state index in [9.17, 15) is 14.4 Å². The summed E-state index contributed by atoms with van der Waals surface area (Å²) in [7, 11) is 1.56. The van der Waals surface area contributed by atoms with Crippen molar-refractivity contribution in [3.05, 3.63) is 122 Å². The summed E-state index contributed by atoms with van der Waals surface area (Å²) < 4.78 is 11.5. The number of benzene rings is 3. The first-order valence-electron chi connectivity index (χ1n) is 17.7. The van der Waals surface area contributed by atoms with Crippen LogP contribution in [0.15, 0.2) is 110 Å². The van der Waals surface area contributed by atoms with Gasteiger partial charge in [-0.25, -0.2) is 0 Å². The maximum Gasteiger partial charge on any atom is 0.292 e. The van der Waals surface area contributed by atoms with E-state index in [0.717, 1.165) is 24.5 Å². The van der Waals surface area contributed by atoms with Gasteiger partial charge in [-0.1, -0.05) is 94.6 Å². The zero-order valence-electron chi connectivity index (χ0n) is 31.7. The fourth-order valence-electron chi connectivity index (χ4n) is 6.04. The van der Waals surface area contributed by atoms with Crippen molar-refractivity contribution >= 4 is 58.2 Å². The van der Waals surface area contributed by atoms with E-state index in [1.165, 1.54) is 17.7 Å². The van der Waals surface area contributed by atoms with Crippen molar-refractivity contribution in [3.8, 4) is 11.5 Å². The Labute approximate surface area is 335 Å². The standard InChI is InChI=1S/C41H43Cl3N6O5/c1-8-39(3,4)24-10-15-33(28(18-24)40(5,6)9-2)55-23-36(52)45-32-22-41(37-29(43)19-25(42)20-30(37)44,38(53)46-34-21-35(51)50-49-34)17-16-31(32)48-47-26-11-13-27(54-7)14-12-26/h10-21H,8-9,22-23H2,1-7H3,(H,45,52)(H,46,53). The van der Waals surface area contributed by atoms with Crippen molar-refractivity contribution < 1.29 is 23.9 Å². The average Bonchev–Trinajstić information content (AvgIpc) is 3.57. The summed E-state index contributed by atoms with van der Waals surface area (Å²) in [5.74, 6) is -0.641. The first kappa shape index (κ1) is 41.3. The summed E-state index contributed by atoms with van der Waals surface area (Å²) in [5.41, 5.74) is 1.42. The first-order valence-corrected chi connectivity index (χ1v) is 18.8. The summed E-state index contributed by atoms with van der Waals surface area (Å²) in [5, 5.41) is 22.1. The molecule has 55 heavy (non-hydrogen) atoms. The number of hydrogen-bond donors (Lipinski definition) is 2. The summed E-state index contributed by atoms with van der Waals surface area (Å²) in [4.78, 5) is 40.0. The summed E-state index contributed by atoms with van der Waals surface area (Å²) in [6.45, 7) is 12.6. The number of allylic oxidation sites excluding steroid dienone is 2. The third-order valence-corrected chi connectivity index (χ3v) is 11.0. The van der Waals surface area contributed by atoms with Crippen LogP contribution in [0.1, 0.15) is 77.5 Å². The predicted molar refractivity (Wildman–Crippen MR) is 214 cm³/mol. The van der Waals surface area contributed by atoms with Crippen LogP contribution < -0.4 is 20.1 Å². The monoisotopic (exact) mass is 804 g/mol. The van der Waals surface area contributed by atoms with Crippen molar-refractivity contribution in [2.24, 2.45) is 20.5 Å². The van der Waals surface area contributed by atoms with E-state index in [-0.39, 0.29) is 61.7 Å². The minimum absolute atomic E-state index is 0.0480. The molecule has 1 aliphatic heterocycles. The molecule has 0 aromatic heterocycles. The molecule has 1 unspecified atom stereocenters. The second-order valence-electron chi connectivity index (χ2n) is 14.5. The molecule has 1 aliphatic carbocycles. The Kier molecular flexibility index (Phi) is 12.7. The molecule has 0 fully saturated rings. The number of halogens is 3. The minimum atomic E-state index is -1.66. The topological polar surface area (TPSA) is 143 Å². The van der Waals surface area contributed by atoms with Crippen molar-refractivity contribution in [2.75, 3.05) is 13.7 Å². The van der Waals surface area contributed by atoms with Crippen LogP contribution in [0.4, 0.5) is 5.69 Å². The zero-order valence-corrected chi connectivity index (χ0v) is 34.0. The van der Waals surface area contributed by atoms with Crippen LogP contribution in [0.5, 0.6) is 11.5 Å². The second-order valence-corrected chi connectivity index (χ2v) is 15.8. The molecular weight excluding hydrogens is 763 g/mol. The highest BCUT2D eigenvalue weighted by atomic mass is 35.5. The lowest BCUT2D eigenvalue weighted by molar-refractivity contribution is -0.125. The number of nitrogens with one attached hydrogen (secondary N) is 2. The third kappa shape index (κ3) is 9.35. The van der Waals surface area contributed by atoms with Crippen molar-refractivity contribution in [2.45, 2.75) is 77.0 Å². The number of azo groups is 2. The predicted octanol–water partition coefficient (Wildman–Crippen LogP) is 10.4. The van der Waals surface area contributed by atoms with Gasteiger partial charge in [-0.2, -0.15) is 5.11 Å². The van der Waals surface area contributed by atoms with Gasteiger partial charge >= 0.3 is 0 Å². The molecule has 1 heterocycles. The van der Waals surface area contributed by atoms with Gasteiger partial charge in [0.1, 0.15) is 22.6 Å². The smallest absolute Gasteiger partial charge is 0.292 e. The van der Waals surface area contributed by atoms with Crippen molar-refractivity contribution in [1.82, 2.24) is 10.6 Å². The molecule has 1 atom stereocenters. The van der Waals surface area contributed by atoms with Crippen LogP contribution in [0.25, 0.3) is 0 Å². The van der Waals surface area contributed by atoms with Gasteiger partial charge in [-0.05, 0) is 77.8 Å². The Balaban J connectivity index is 1.54. The Morgan fingerprint density at radius 1 is 0.891 bits per heavy atom. The van der Waals surface area contributed by atoms with Gasteiger partial charge in [0.2, 0.25) is 5.91 Å². The van der Waals surface area contributed by atoms with E-state index in [0.29, 0.717) is 17.2 Å². The van der Waals surface area contributed by atoms with Gasteiger partial charge < -0.3 is 20.1 Å². The number of amides is 3. The SMILES string of the molecule is CCC(C)(C)c1ccc(OCC(=O)NC2=C(N=Nc3ccc(OC)cc3)C=CC(C(=O)NC3=CC(=O)N=N3)(c3c(Cl)cc(Cl)cc3Cl)C2)c(C(C)(C)CC)c1. The lowest BCUT2D eigenvalue weighted by atomic mass is 9.72.